The summed E-state index contributed by atoms with van der Waals surface area (Å²) >= 11 is 5.78. The molecule has 0 aromatic heterocycles. The molecule has 5 heteroatoms. The van der Waals surface area contributed by atoms with Crippen molar-refractivity contribution < 1.29 is 19.8 Å². The average Bonchev–Trinajstić information content (AvgIpc) is 2.43. The molecule has 108 valence electrons. The second-order valence-corrected chi connectivity index (χ2v) is 5.17. The first-order valence-corrected chi connectivity index (χ1v) is 6.57. The van der Waals surface area contributed by atoms with Crippen LogP contribution in [0, 0.1) is 13.8 Å². The molecule has 2 aromatic carbocycles. The molecule has 0 spiro atoms. The van der Waals surface area contributed by atoms with E-state index in [1.54, 1.807) is 31.2 Å². The van der Waals surface area contributed by atoms with Crippen LogP contribution >= 0.6 is 11.6 Å². The van der Waals surface area contributed by atoms with Crippen molar-refractivity contribution in [1.29, 1.82) is 0 Å². The summed E-state index contributed by atoms with van der Waals surface area (Å²) in [6.07, 6.45) is 0. The van der Waals surface area contributed by atoms with Gasteiger partial charge in [0.15, 0.2) is 5.78 Å². The molecule has 0 unspecified atom stereocenters. The van der Waals surface area contributed by atoms with E-state index in [-0.39, 0.29) is 28.2 Å². The van der Waals surface area contributed by atoms with E-state index in [1.807, 2.05) is 0 Å². The molecule has 0 amide bonds. The third-order valence-corrected chi connectivity index (χ3v) is 3.57. The van der Waals surface area contributed by atoms with Gasteiger partial charge < -0.3 is 10.2 Å². The minimum absolute atomic E-state index is 0.241. The standard InChI is InChI=1S/C16H13ClO4/c1-8-7-12(9(2)13(14(8)18)16(20)21)15(19)10-3-5-11(17)6-4-10/h3-7,18H,1-2H3,(H,20,21). The lowest BCUT2D eigenvalue weighted by molar-refractivity contribution is 0.0692. The van der Waals surface area contributed by atoms with E-state index in [4.69, 9.17) is 11.6 Å². The summed E-state index contributed by atoms with van der Waals surface area (Å²) in [5.74, 6) is -1.89. The van der Waals surface area contributed by atoms with Gasteiger partial charge in [0.25, 0.3) is 0 Å². The van der Waals surface area contributed by atoms with Crippen LogP contribution in [0.5, 0.6) is 5.75 Å². The van der Waals surface area contributed by atoms with Crippen LogP contribution in [0.3, 0.4) is 0 Å². The largest absolute Gasteiger partial charge is 0.507 e. The number of aryl methyl sites for hydroxylation is 1. The topological polar surface area (TPSA) is 74.6 Å². The van der Waals surface area contributed by atoms with Gasteiger partial charge in [0.1, 0.15) is 11.3 Å². The fourth-order valence-corrected chi connectivity index (χ4v) is 2.28. The van der Waals surface area contributed by atoms with Gasteiger partial charge in [0.05, 0.1) is 0 Å². The van der Waals surface area contributed by atoms with E-state index in [0.717, 1.165) is 0 Å². The SMILES string of the molecule is Cc1cc(C(=O)c2ccc(Cl)cc2)c(C)c(C(=O)O)c1O. The number of benzene rings is 2. The van der Waals surface area contributed by atoms with Crippen molar-refractivity contribution in [2.24, 2.45) is 0 Å². The highest BCUT2D eigenvalue weighted by Crippen LogP contribution is 2.29. The Morgan fingerprint density at radius 1 is 1.10 bits per heavy atom. The van der Waals surface area contributed by atoms with Crippen molar-refractivity contribution in [3.8, 4) is 5.75 Å². The Morgan fingerprint density at radius 3 is 2.19 bits per heavy atom. The number of carboxylic acid groups (broad SMARTS) is 1. The second-order valence-electron chi connectivity index (χ2n) is 4.73. The Bertz CT molecular complexity index is 733. The minimum atomic E-state index is -1.26. The van der Waals surface area contributed by atoms with E-state index in [1.165, 1.54) is 13.0 Å². The molecule has 0 aliphatic carbocycles. The predicted molar refractivity (Wildman–Crippen MR) is 79.4 cm³/mol. The number of carbonyl (C=O) groups excluding carboxylic acids is 1. The number of rotatable bonds is 3. The summed E-state index contributed by atoms with van der Waals surface area (Å²) in [5.41, 5.74) is 1.00. The molecular formula is C16H13ClO4. The first kappa shape index (κ1) is 15.1. The molecule has 0 aliphatic heterocycles. The second kappa shape index (κ2) is 5.58. The van der Waals surface area contributed by atoms with E-state index in [2.05, 4.69) is 0 Å². The van der Waals surface area contributed by atoms with Gasteiger partial charge >= 0.3 is 5.97 Å². The van der Waals surface area contributed by atoms with Crippen LogP contribution in [0.2, 0.25) is 5.02 Å². The smallest absolute Gasteiger partial charge is 0.339 e. The summed E-state index contributed by atoms with van der Waals surface area (Å²) < 4.78 is 0. The highest BCUT2D eigenvalue weighted by molar-refractivity contribution is 6.30. The van der Waals surface area contributed by atoms with Gasteiger partial charge in [0.2, 0.25) is 0 Å². The van der Waals surface area contributed by atoms with Crippen LogP contribution < -0.4 is 0 Å². The van der Waals surface area contributed by atoms with Crippen molar-refractivity contribution in [3.05, 3.63) is 63.2 Å². The van der Waals surface area contributed by atoms with Gasteiger partial charge in [0, 0.05) is 16.1 Å². The molecule has 0 saturated heterocycles. The van der Waals surface area contributed by atoms with Gasteiger partial charge in [-0.1, -0.05) is 11.6 Å². The molecule has 0 aliphatic rings. The number of ketones is 1. The Hall–Kier alpha value is -2.33. The van der Waals surface area contributed by atoms with Gasteiger partial charge in [-0.05, 0) is 55.3 Å². The first-order valence-electron chi connectivity index (χ1n) is 6.19. The zero-order valence-electron chi connectivity index (χ0n) is 11.5. The van der Waals surface area contributed by atoms with E-state index in [9.17, 15) is 19.8 Å². The first-order chi connectivity index (χ1) is 9.82. The molecule has 2 rings (SSSR count). The molecule has 4 nitrogen and oxygen atoms in total. The Balaban J connectivity index is 2.61. The third-order valence-electron chi connectivity index (χ3n) is 3.32. The fraction of sp³-hybridized carbons (Fsp3) is 0.125. The zero-order valence-corrected chi connectivity index (χ0v) is 12.2. The zero-order chi connectivity index (χ0) is 15.7. The highest BCUT2D eigenvalue weighted by atomic mass is 35.5. The molecule has 0 radical (unpaired) electrons. The van der Waals surface area contributed by atoms with Gasteiger partial charge in [-0.25, -0.2) is 4.79 Å². The summed E-state index contributed by atoms with van der Waals surface area (Å²) in [5, 5.41) is 19.6. The van der Waals surface area contributed by atoms with Crippen LogP contribution in [0.25, 0.3) is 0 Å². The molecule has 0 heterocycles. The lowest BCUT2D eigenvalue weighted by Crippen LogP contribution is -2.10. The maximum absolute atomic E-state index is 12.5. The number of phenols is 1. The van der Waals surface area contributed by atoms with Gasteiger partial charge in [-0.3, -0.25) is 4.79 Å². The maximum Gasteiger partial charge on any atom is 0.339 e. The lowest BCUT2D eigenvalue weighted by Gasteiger charge is -2.12. The normalized spacial score (nSPS) is 10.4. The van der Waals surface area contributed by atoms with Crippen LogP contribution in [-0.4, -0.2) is 22.0 Å². The Labute approximate surface area is 126 Å². The number of aromatic carboxylic acids is 1. The molecule has 0 fully saturated rings. The van der Waals surface area contributed by atoms with Gasteiger partial charge in [-0.2, -0.15) is 0 Å². The predicted octanol–water partition coefficient (Wildman–Crippen LogP) is 3.59. The molecule has 0 saturated carbocycles. The van der Waals surface area contributed by atoms with E-state index < -0.39 is 5.97 Å². The third kappa shape index (κ3) is 2.76. The van der Waals surface area contributed by atoms with Crippen molar-refractivity contribution in [2.45, 2.75) is 13.8 Å². The molecule has 21 heavy (non-hydrogen) atoms. The summed E-state index contributed by atoms with van der Waals surface area (Å²) in [6.45, 7) is 3.06. The van der Waals surface area contributed by atoms with Crippen molar-refractivity contribution >= 4 is 23.4 Å². The molecule has 2 N–H and O–H groups in total. The number of hydrogen-bond donors (Lipinski definition) is 2. The molecular weight excluding hydrogens is 292 g/mol. The monoisotopic (exact) mass is 304 g/mol. The minimum Gasteiger partial charge on any atom is -0.507 e. The van der Waals surface area contributed by atoms with Crippen LogP contribution in [0.1, 0.15) is 37.4 Å². The van der Waals surface area contributed by atoms with Gasteiger partial charge in [-0.15, -0.1) is 0 Å². The van der Waals surface area contributed by atoms with Crippen LogP contribution in [0.4, 0.5) is 0 Å². The number of hydrogen-bond acceptors (Lipinski definition) is 3. The average molecular weight is 305 g/mol. The molecule has 2 aromatic rings. The van der Waals surface area contributed by atoms with Crippen molar-refractivity contribution in [1.82, 2.24) is 0 Å². The summed E-state index contributed by atoms with van der Waals surface area (Å²) in [4.78, 5) is 23.8. The van der Waals surface area contributed by atoms with Crippen molar-refractivity contribution in [2.75, 3.05) is 0 Å². The number of halogens is 1. The number of carboxylic acids is 1. The van der Waals surface area contributed by atoms with Crippen molar-refractivity contribution in [3.63, 3.8) is 0 Å². The Morgan fingerprint density at radius 2 is 1.67 bits per heavy atom. The van der Waals surface area contributed by atoms with E-state index in [0.29, 0.717) is 16.1 Å². The number of carbonyl (C=O) groups is 2. The molecule has 0 atom stereocenters. The summed E-state index contributed by atoms with van der Waals surface area (Å²) in [7, 11) is 0. The Kier molecular flexibility index (Phi) is 4.00. The maximum atomic E-state index is 12.5. The molecule has 0 bridgehead atoms. The summed E-state index contributed by atoms with van der Waals surface area (Å²) in [6, 6.07) is 7.83. The quantitative estimate of drug-likeness (QED) is 0.850. The van der Waals surface area contributed by atoms with Crippen LogP contribution in [0.15, 0.2) is 30.3 Å². The highest BCUT2D eigenvalue weighted by Gasteiger charge is 2.22. The van der Waals surface area contributed by atoms with Crippen LogP contribution in [-0.2, 0) is 0 Å². The lowest BCUT2D eigenvalue weighted by atomic mass is 9.92. The fourth-order valence-electron chi connectivity index (χ4n) is 2.16. The van der Waals surface area contributed by atoms with E-state index >= 15 is 0 Å². The number of aromatic hydroxyl groups is 1.